The first-order chi connectivity index (χ1) is 16.7. The summed E-state index contributed by atoms with van der Waals surface area (Å²) in [5, 5.41) is 3.62. The van der Waals surface area contributed by atoms with Crippen LogP contribution in [0.1, 0.15) is 45.1 Å². The fourth-order valence-electron chi connectivity index (χ4n) is 5.56. The van der Waals surface area contributed by atoms with Gasteiger partial charge in [-0.25, -0.2) is 14.4 Å². The Bertz CT molecular complexity index is 1080. The largest absolute Gasteiger partial charge is 0.358 e. The van der Waals surface area contributed by atoms with E-state index in [1.165, 1.54) is 19.2 Å². The molecule has 0 unspecified atom stereocenters. The molecule has 1 aromatic heterocycles. The second-order valence-electron chi connectivity index (χ2n) is 11.1. The van der Waals surface area contributed by atoms with Crippen LogP contribution in [-0.2, 0) is 11.3 Å². The molecule has 9 heteroatoms. The first-order valence-corrected chi connectivity index (χ1v) is 12.9. The second-order valence-corrected chi connectivity index (χ2v) is 11.5. The summed E-state index contributed by atoms with van der Waals surface area (Å²) >= 11 is 6.02. The number of likely N-dealkylation sites (tertiary alicyclic amines) is 1. The summed E-state index contributed by atoms with van der Waals surface area (Å²) in [5.74, 6) is 0.477. The Hall–Kier alpha value is -2.45. The summed E-state index contributed by atoms with van der Waals surface area (Å²) in [6.45, 7) is 9.71. The zero-order valence-corrected chi connectivity index (χ0v) is 21.3. The number of carbonyl (C=O) groups excluding carboxylic acids is 1. The molecule has 0 bridgehead atoms. The molecule has 1 aromatic carbocycles. The molecule has 4 heterocycles. The smallest absolute Gasteiger partial charge is 0.240 e. The molecule has 35 heavy (non-hydrogen) atoms. The Morgan fingerprint density at radius 1 is 1.03 bits per heavy atom. The van der Waals surface area contributed by atoms with Crippen molar-refractivity contribution in [3.8, 4) is 0 Å². The lowest BCUT2D eigenvalue weighted by Gasteiger charge is -2.48. The molecule has 0 radical (unpaired) electrons. The van der Waals surface area contributed by atoms with Gasteiger partial charge in [-0.3, -0.25) is 9.69 Å². The number of nitrogens with zero attached hydrogens (tertiary/aromatic N) is 5. The van der Waals surface area contributed by atoms with Crippen LogP contribution in [0.4, 0.5) is 15.9 Å². The van der Waals surface area contributed by atoms with Crippen LogP contribution in [0.25, 0.3) is 0 Å². The molecule has 3 aliphatic heterocycles. The van der Waals surface area contributed by atoms with Gasteiger partial charge in [0.1, 0.15) is 23.1 Å². The van der Waals surface area contributed by atoms with Gasteiger partial charge in [-0.05, 0) is 61.9 Å². The van der Waals surface area contributed by atoms with Crippen molar-refractivity contribution in [3.63, 3.8) is 0 Å². The molecule has 2 aromatic rings. The van der Waals surface area contributed by atoms with Crippen molar-refractivity contribution in [3.05, 3.63) is 47.1 Å². The Morgan fingerprint density at radius 2 is 1.77 bits per heavy atom. The summed E-state index contributed by atoms with van der Waals surface area (Å²) in [4.78, 5) is 27.4. The quantitative estimate of drug-likeness (QED) is 0.643. The van der Waals surface area contributed by atoms with Crippen molar-refractivity contribution in [2.75, 3.05) is 49.1 Å². The zero-order valence-electron chi connectivity index (χ0n) is 20.6. The van der Waals surface area contributed by atoms with E-state index in [2.05, 4.69) is 38.9 Å². The third-order valence-corrected chi connectivity index (χ3v) is 8.07. The van der Waals surface area contributed by atoms with Crippen LogP contribution in [0.5, 0.6) is 0 Å². The Kier molecular flexibility index (Phi) is 6.61. The van der Waals surface area contributed by atoms with E-state index in [1.807, 2.05) is 17.0 Å². The van der Waals surface area contributed by atoms with Gasteiger partial charge in [-0.1, -0.05) is 31.5 Å². The van der Waals surface area contributed by atoms with E-state index in [9.17, 15) is 4.79 Å². The number of carbonyl (C=O) groups is 1. The maximum atomic E-state index is 15.3. The molecule has 1 amide bonds. The molecule has 3 saturated heterocycles. The second kappa shape index (κ2) is 9.54. The lowest BCUT2D eigenvalue weighted by molar-refractivity contribution is -0.123. The molecule has 0 saturated carbocycles. The topological polar surface area (TPSA) is 64.6 Å². The number of hydrogen-bond donors (Lipinski definition) is 1. The maximum absolute atomic E-state index is 15.3. The van der Waals surface area contributed by atoms with Gasteiger partial charge in [0.25, 0.3) is 0 Å². The van der Waals surface area contributed by atoms with Crippen molar-refractivity contribution in [1.29, 1.82) is 0 Å². The molecule has 188 valence electrons. The predicted molar refractivity (Wildman–Crippen MR) is 136 cm³/mol. The summed E-state index contributed by atoms with van der Waals surface area (Å²) < 4.78 is 15.3. The first kappa shape index (κ1) is 24.3. The van der Waals surface area contributed by atoms with Crippen LogP contribution in [0.15, 0.2) is 30.6 Å². The van der Waals surface area contributed by atoms with Gasteiger partial charge in [0.15, 0.2) is 0 Å². The van der Waals surface area contributed by atoms with E-state index in [-0.39, 0.29) is 23.8 Å². The number of nitrogens with one attached hydrogen (secondary N) is 1. The highest BCUT2D eigenvalue weighted by molar-refractivity contribution is 6.29. The van der Waals surface area contributed by atoms with E-state index >= 15 is 4.39 Å². The number of amides is 1. The highest BCUT2D eigenvalue weighted by Crippen LogP contribution is 2.33. The molecular weight excluding hydrogens is 467 g/mol. The number of aromatic nitrogens is 2. The SMILES string of the molecule is CC1(C)CCN(Cc2ccc(N3CC(=O)NC4(CCN(c5cc(Cl)ncn5)CC4)C3)c(F)c2)CC1. The van der Waals surface area contributed by atoms with Crippen LogP contribution in [0.2, 0.25) is 5.15 Å². The van der Waals surface area contributed by atoms with Gasteiger partial charge in [-0.2, -0.15) is 0 Å². The average molecular weight is 501 g/mol. The van der Waals surface area contributed by atoms with E-state index < -0.39 is 0 Å². The van der Waals surface area contributed by atoms with Crippen LogP contribution >= 0.6 is 11.6 Å². The minimum absolute atomic E-state index is 0.0609. The Balaban J connectivity index is 1.24. The normalized spacial score (nSPS) is 22.3. The fourth-order valence-corrected chi connectivity index (χ4v) is 5.71. The summed E-state index contributed by atoms with van der Waals surface area (Å²) in [6.07, 6.45) is 5.30. The molecule has 1 N–H and O–H groups in total. The molecule has 3 fully saturated rings. The lowest BCUT2D eigenvalue weighted by atomic mass is 9.82. The number of benzene rings is 1. The van der Waals surface area contributed by atoms with Gasteiger partial charge < -0.3 is 15.1 Å². The monoisotopic (exact) mass is 500 g/mol. The van der Waals surface area contributed by atoms with Gasteiger partial charge in [0.05, 0.1) is 17.8 Å². The van der Waals surface area contributed by atoms with E-state index in [1.54, 1.807) is 12.1 Å². The first-order valence-electron chi connectivity index (χ1n) is 12.5. The van der Waals surface area contributed by atoms with Gasteiger partial charge in [0.2, 0.25) is 5.91 Å². The van der Waals surface area contributed by atoms with Gasteiger partial charge >= 0.3 is 0 Å². The third kappa shape index (κ3) is 5.54. The number of halogens is 2. The van der Waals surface area contributed by atoms with Crippen molar-refractivity contribution < 1.29 is 9.18 Å². The minimum atomic E-state index is -0.381. The summed E-state index contributed by atoms with van der Waals surface area (Å²) in [6, 6.07) is 7.27. The number of hydrogen-bond acceptors (Lipinski definition) is 6. The average Bonchev–Trinajstić information content (AvgIpc) is 2.80. The van der Waals surface area contributed by atoms with E-state index in [0.717, 1.165) is 56.9 Å². The van der Waals surface area contributed by atoms with Crippen LogP contribution in [0, 0.1) is 11.2 Å². The zero-order chi connectivity index (χ0) is 24.6. The Labute approximate surface area is 211 Å². The molecule has 0 atom stereocenters. The molecule has 1 spiro atoms. The molecule has 3 aliphatic rings. The van der Waals surface area contributed by atoms with E-state index in [4.69, 9.17) is 11.6 Å². The number of piperidine rings is 2. The molecule has 0 aliphatic carbocycles. The van der Waals surface area contributed by atoms with Crippen molar-refractivity contribution in [1.82, 2.24) is 20.2 Å². The van der Waals surface area contributed by atoms with Crippen LogP contribution in [-0.4, -0.2) is 65.6 Å². The molecular formula is C26H34ClFN6O. The van der Waals surface area contributed by atoms with Crippen LogP contribution in [0.3, 0.4) is 0 Å². The summed E-state index contributed by atoms with van der Waals surface area (Å²) in [5.41, 5.74) is 1.51. The van der Waals surface area contributed by atoms with E-state index in [0.29, 0.717) is 22.8 Å². The number of anilines is 2. The highest BCUT2D eigenvalue weighted by atomic mass is 35.5. The van der Waals surface area contributed by atoms with Crippen molar-refractivity contribution in [2.45, 2.75) is 51.6 Å². The van der Waals surface area contributed by atoms with Crippen molar-refractivity contribution in [2.24, 2.45) is 5.41 Å². The summed E-state index contributed by atoms with van der Waals surface area (Å²) in [7, 11) is 0. The third-order valence-electron chi connectivity index (χ3n) is 7.86. The Morgan fingerprint density at radius 3 is 2.46 bits per heavy atom. The standard InChI is InChI=1S/C26H34ClFN6O/c1-25(2)5-9-32(10-6-25)15-19-3-4-21(20(28)13-19)34-16-24(35)31-26(17-34)7-11-33(12-8-26)23-14-22(27)29-18-30-23/h3-4,13-14,18H,5-12,15-17H2,1-2H3,(H,31,35). The van der Waals surface area contributed by atoms with Gasteiger partial charge in [0, 0.05) is 32.2 Å². The van der Waals surface area contributed by atoms with Gasteiger partial charge in [-0.15, -0.1) is 0 Å². The predicted octanol–water partition coefficient (Wildman–Crippen LogP) is 3.87. The number of rotatable bonds is 4. The van der Waals surface area contributed by atoms with Crippen LogP contribution < -0.4 is 15.1 Å². The number of piperazine rings is 1. The molecule has 5 rings (SSSR count). The maximum Gasteiger partial charge on any atom is 0.240 e. The fraction of sp³-hybridized carbons (Fsp3) is 0.577. The highest BCUT2D eigenvalue weighted by Gasteiger charge is 2.42. The minimum Gasteiger partial charge on any atom is -0.358 e. The molecule has 7 nitrogen and oxygen atoms in total. The lowest BCUT2D eigenvalue weighted by Crippen LogP contribution is -2.66. The van der Waals surface area contributed by atoms with Crippen molar-refractivity contribution >= 4 is 29.0 Å².